The molecule has 0 aromatic carbocycles. The van der Waals surface area contributed by atoms with Crippen molar-refractivity contribution >= 4 is 11.8 Å². The van der Waals surface area contributed by atoms with E-state index in [0.29, 0.717) is 18.1 Å². The fourth-order valence-corrected chi connectivity index (χ4v) is 2.31. The normalized spacial score (nSPS) is 19.3. The predicted octanol–water partition coefficient (Wildman–Crippen LogP) is 1.04. The van der Waals surface area contributed by atoms with E-state index in [9.17, 15) is 4.79 Å². The van der Waals surface area contributed by atoms with Crippen LogP contribution in [0, 0.1) is 17.2 Å². The van der Waals surface area contributed by atoms with Crippen LogP contribution < -0.4 is 4.90 Å². The lowest BCUT2D eigenvalue weighted by molar-refractivity contribution is -0.138. The van der Waals surface area contributed by atoms with Gasteiger partial charge in [0.25, 0.3) is 0 Å². The van der Waals surface area contributed by atoms with E-state index in [4.69, 9.17) is 10.4 Å². The molecule has 1 aromatic rings. The molecule has 1 atom stereocenters. The number of carbonyl (C=O) groups is 1. The van der Waals surface area contributed by atoms with Gasteiger partial charge in [-0.15, -0.1) is 0 Å². The Morgan fingerprint density at radius 2 is 2.33 bits per heavy atom. The second kappa shape index (κ2) is 5.45. The number of hydrogen-bond acceptors (Lipinski definition) is 5. The first kappa shape index (κ1) is 12.3. The molecule has 1 fully saturated rings. The summed E-state index contributed by atoms with van der Waals surface area (Å²) in [5.41, 5.74) is 0.300. The second-order valence-electron chi connectivity index (χ2n) is 4.39. The largest absolute Gasteiger partial charge is 0.481 e. The Labute approximate surface area is 105 Å². The quantitative estimate of drug-likeness (QED) is 0.857. The van der Waals surface area contributed by atoms with Crippen molar-refractivity contribution in [2.24, 2.45) is 5.92 Å². The SMILES string of the molecule is N#Cc1nccnc1N1CCCC(CC(=O)O)C1. The molecule has 6 nitrogen and oxygen atoms in total. The highest BCUT2D eigenvalue weighted by atomic mass is 16.4. The Bertz CT molecular complexity index is 483. The monoisotopic (exact) mass is 246 g/mol. The van der Waals surface area contributed by atoms with E-state index >= 15 is 0 Å². The molecule has 0 amide bonds. The summed E-state index contributed by atoms with van der Waals surface area (Å²) in [5.74, 6) is -0.0959. The van der Waals surface area contributed by atoms with Gasteiger partial charge in [-0.25, -0.2) is 9.97 Å². The highest BCUT2D eigenvalue weighted by molar-refractivity contribution is 5.67. The molecule has 0 aliphatic carbocycles. The summed E-state index contributed by atoms with van der Waals surface area (Å²) in [4.78, 5) is 20.9. The van der Waals surface area contributed by atoms with Crippen LogP contribution in [0.2, 0.25) is 0 Å². The van der Waals surface area contributed by atoms with Gasteiger partial charge >= 0.3 is 5.97 Å². The average molecular weight is 246 g/mol. The maximum Gasteiger partial charge on any atom is 0.303 e. The first-order chi connectivity index (χ1) is 8.70. The highest BCUT2D eigenvalue weighted by Gasteiger charge is 2.24. The van der Waals surface area contributed by atoms with Crippen molar-refractivity contribution in [1.82, 2.24) is 9.97 Å². The topological polar surface area (TPSA) is 90.1 Å². The maximum absolute atomic E-state index is 10.7. The number of nitrogens with zero attached hydrogens (tertiary/aromatic N) is 4. The fourth-order valence-electron chi connectivity index (χ4n) is 2.31. The van der Waals surface area contributed by atoms with Crippen molar-refractivity contribution in [2.45, 2.75) is 19.3 Å². The number of rotatable bonds is 3. The first-order valence-electron chi connectivity index (χ1n) is 5.88. The van der Waals surface area contributed by atoms with Gasteiger partial charge in [0, 0.05) is 31.9 Å². The minimum Gasteiger partial charge on any atom is -0.481 e. The van der Waals surface area contributed by atoms with E-state index in [0.717, 1.165) is 19.4 Å². The zero-order chi connectivity index (χ0) is 13.0. The number of carboxylic acids is 1. The summed E-state index contributed by atoms with van der Waals surface area (Å²) in [7, 11) is 0. The molecule has 2 heterocycles. The molecule has 94 valence electrons. The van der Waals surface area contributed by atoms with E-state index < -0.39 is 5.97 Å². The minimum absolute atomic E-state index is 0.116. The van der Waals surface area contributed by atoms with Crippen LogP contribution in [0.5, 0.6) is 0 Å². The molecule has 0 radical (unpaired) electrons. The summed E-state index contributed by atoms with van der Waals surface area (Å²) in [6.45, 7) is 1.42. The number of hydrogen-bond donors (Lipinski definition) is 1. The molecular weight excluding hydrogens is 232 g/mol. The number of aliphatic carboxylic acids is 1. The first-order valence-corrected chi connectivity index (χ1v) is 5.88. The maximum atomic E-state index is 10.7. The van der Waals surface area contributed by atoms with Gasteiger partial charge < -0.3 is 10.0 Å². The van der Waals surface area contributed by atoms with E-state index in [-0.39, 0.29) is 12.3 Å². The van der Waals surface area contributed by atoms with E-state index in [1.54, 1.807) is 6.20 Å². The van der Waals surface area contributed by atoms with Gasteiger partial charge in [0.2, 0.25) is 0 Å². The Morgan fingerprint density at radius 1 is 1.56 bits per heavy atom. The molecule has 1 aliphatic rings. The zero-order valence-corrected chi connectivity index (χ0v) is 9.91. The number of nitriles is 1. The van der Waals surface area contributed by atoms with E-state index in [2.05, 4.69) is 9.97 Å². The van der Waals surface area contributed by atoms with Gasteiger partial charge in [-0.1, -0.05) is 0 Å². The number of piperidine rings is 1. The molecular formula is C12H14N4O2. The molecule has 0 saturated carbocycles. The Balaban J connectivity index is 2.13. The number of carboxylic acid groups (broad SMARTS) is 1. The molecule has 1 unspecified atom stereocenters. The van der Waals surface area contributed by atoms with Gasteiger partial charge in [-0.05, 0) is 18.8 Å². The van der Waals surface area contributed by atoms with E-state index in [1.165, 1.54) is 6.20 Å². The summed E-state index contributed by atoms with van der Waals surface area (Å²) in [6.07, 6.45) is 5.03. The molecule has 1 N–H and O–H groups in total. The molecule has 0 bridgehead atoms. The number of aromatic nitrogens is 2. The van der Waals surface area contributed by atoms with Crippen molar-refractivity contribution in [3.63, 3.8) is 0 Å². The van der Waals surface area contributed by atoms with E-state index in [1.807, 2.05) is 11.0 Å². The molecule has 1 saturated heterocycles. The van der Waals surface area contributed by atoms with Gasteiger partial charge in [-0.3, -0.25) is 4.79 Å². The predicted molar refractivity (Wildman–Crippen MR) is 63.9 cm³/mol. The fraction of sp³-hybridized carbons (Fsp3) is 0.500. The van der Waals surface area contributed by atoms with Gasteiger partial charge in [0.15, 0.2) is 11.5 Å². The Morgan fingerprint density at radius 3 is 3.06 bits per heavy atom. The molecule has 18 heavy (non-hydrogen) atoms. The van der Waals surface area contributed by atoms with Crippen LogP contribution in [0.25, 0.3) is 0 Å². The molecule has 2 rings (SSSR count). The van der Waals surface area contributed by atoms with Crippen molar-refractivity contribution in [3.05, 3.63) is 18.1 Å². The van der Waals surface area contributed by atoms with Crippen LogP contribution in [0.15, 0.2) is 12.4 Å². The lowest BCUT2D eigenvalue weighted by atomic mass is 9.95. The third-order valence-corrected chi connectivity index (χ3v) is 3.07. The van der Waals surface area contributed by atoms with Crippen LogP contribution in [0.4, 0.5) is 5.82 Å². The zero-order valence-electron chi connectivity index (χ0n) is 9.91. The van der Waals surface area contributed by atoms with Crippen molar-refractivity contribution in [3.8, 4) is 6.07 Å². The third kappa shape index (κ3) is 2.74. The minimum atomic E-state index is -0.776. The summed E-state index contributed by atoms with van der Waals surface area (Å²) in [5, 5.41) is 17.8. The average Bonchev–Trinajstić information content (AvgIpc) is 2.38. The second-order valence-corrected chi connectivity index (χ2v) is 4.39. The summed E-state index contributed by atoms with van der Waals surface area (Å²) < 4.78 is 0. The lowest BCUT2D eigenvalue weighted by Gasteiger charge is -2.32. The number of anilines is 1. The standard InChI is InChI=1S/C12H14N4O2/c13-7-10-12(15-4-3-14-10)16-5-1-2-9(8-16)6-11(17)18/h3-4,9H,1-2,5-6,8H2,(H,17,18). The summed E-state index contributed by atoms with van der Waals surface area (Å²) >= 11 is 0. The van der Waals surface area contributed by atoms with Crippen molar-refractivity contribution in [2.75, 3.05) is 18.0 Å². The van der Waals surface area contributed by atoms with Crippen molar-refractivity contribution in [1.29, 1.82) is 5.26 Å². The molecule has 1 aromatic heterocycles. The third-order valence-electron chi connectivity index (χ3n) is 3.07. The lowest BCUT2D eigenvalue weighted by Crippen LogP contribution is -2.37. The van der Waals surface area contributed by atoms with Crippen molar-refractivity contribution < 1.29 is 9.90 Å². The highest BCUT2D eigenvalue weighted by Crippen LogP contribution is 2.24. The van der Waals surface area contributed by atoms with Crippen LogP contribution in [-0.2, 0) is 4.79 Å². The Hall–Kier alpha value is -2.16. The van der Waals surface area contributed by atoms with Gasteiger partial charge in [-0.2, -0.15) is 5.26 Å². The summed E-state index contributed by atoms with van der Waals surface area (Å²) in [6, 6.07) is 2.02. The van der Waals surface area contributed by atoms with Gasteiger partial charge in [0.1, 0.15) is 6.07 Å². The Kier molecular flexibility index (Phi) is 3.72. The molecule has 1 aliphatic heterocycles. The molecule has 6 heteroatoms. The van der Waals surface area contributed by atoms with Crippen LogP contribution in [0.3, 0.4) is 0 Å². The van der Waals surface area contributed by atoms with Crippen LogP contribution in [-0.4, -0.2) is 34.1 Å². The van der Waals surface area contributed by atoms with Crippen LogP contribution in [0.1, 0.15) is 25.0 Å². The molecule has 0 spiro atoms. The van der Waals surface area contributed by atoms with Gasteiger partial charge in [0.05, 0.1) is 0 Å². The smallest absolute Gasteiger partial charge is 0.303 e. The van der Waals surface area contributed by atoms with Crippen LogP contribution >= 0.6 is 0 Å².